The lowest BCUT2D eigenvalue weighted by atomic mass is 9.92. The predicted octanol–water partition coefficient (Wildman–Crippen LogP) is 6.10. The van der Waals surface area contributed by atoms with Gasteiger partial charge in [0.2, 0.25) is 5.91 Å². The van der Waals surface area contributed by atoms with Crippen LogP contribution in [-0.4, -0.2) is 26.6 Å². The summed E-state index contributed by atoms with van der Waals surface area (Å²) >= 11 is 5.93. The molecular weight excluding hydrogens is 450 g/mol. The number of nitrogens with zero attached hydrogens (tertiary/aromatic N) is 3. The molecule has 1 aliphatic heterocycles. The fourth-order valence-corrected chi connectivity index (χ4v) is 3.84. The zero-order valence-electron chi connectivity index (χ0n) is 19.6. The van der Waals surface area contributed by atoms with E-state index in [-0.39, 0.29) is 17.4 Å². The van der Waals surface area contributed by atoms with E-state index in [1.807, 2.05) is 30.3 Å². The quantitative estimate of drug-likeness (QED) is 0.465. The van der Waals surface area contributed by atoms with Gasteiger partial charge >= 0.3 is 6.03 Å². The minimum atomic E-state index is -0.390. The second-order valence-corrected chi connectivity index (χ2v) is 9.82. The van der Waals surface area contributed by atoms with Gasteiger partial charge in [0.1, 0.15) is 5.82 Å². The van der Waals surface area contributed by atoms with Gasteiger partial charge in [0.05, 0.1) is 17.9 Å². The van der Waals surface area contributed by atoms with Crippen LogP contribution in [0.2, 0.25) is 5.02 Å². The zero-order chi connectivity index (χ0) is 24.5. The topological polar surface area (TPSA) is 79.3 Å². The molecule has 2 heterocycles. The molecule has 176 valence electrons. The first kappa shape index (κ1) is 23.6. The Kier molecular flexibility index (Phi) is 6.48. The van der Waals surface area contributed by atoms with Crippen molar-refractivity contribution < 1.29 is 9.59 Å². The predicted molar refractivity (Wildman–Crippen MR) is 135 cm³/mol. The van der Waals surface area contributed by atoms with Crippen molar-refractivity contribution in [1.82, 2.24) is 14.7 Å². The molecule has 0 radical (unpaired) electrons. The Bertz CT molecular complexity index is 1220. The molecule has 0 atom stereocenters. The van der Waals surface area contributed by atoms with E-state index in [9.17, 15) is 9.59 Å². The lowest BCUT2D eigenvalue weighted by Gasteiger charge is -2.18. The molecule has 7 nitrogen and oxygen atoms in total. The molecule has 0 unspecified atom stereocenters. The molecule has 1 aromatic heterocycles. The average molecular weight is 478 g/mol. The van der Waals surface area contributed by atoms with Gasteiger partial charge in [-0.1, -0.05) is 51.1 Å². The number of hydrogen-bond donors (Lipinski definition) is 2. The Hall–Kier alpha value is -3.58. The van der Waals surface area contributed by atoms with Gasteiger partial charge in [-0.05, 0) is 48.4 Å². The molecule has 4 rings (SSSR count). The van der Waals surface area contributed by atoms with Crippen molar-refractivity contribution in [3.8, 4) is 5.69 Å². The number of anilines is 2. The molecule has 0 spiro atoms. The maximum Gasteiger partial charge on any atom is 0.324 e. The molecule has 1 fully saturated rings. The molecule has 3 amide bonds. The zero-order valence-corrected chi connectivity index (χ0v) is 20.3. The molecule has 0 saturated carbocycles. The van der Waals surface area contributed by atoms with Gasteiger partial charge in [-0.25, -0.2) is 9.48 Å². The van der Waals surface area contributed by atoms with Crippen LogP contribution in [0.4, 0.5) is 16.3 Å². The van der Waals surface area contributed by atoms with Crippen LogP contribution in [0.25, 0.3) is 5.69 Å². The fourth-order valence-electron chi connectivity index (χ4n) is 3.71. The molecule has 2 N–H and O–H groups in total. The van der Waals surface area contributed by atoms with E-state index in [0.717, 1.165) is 22.6 Å². The third kappa shape index (κ3) is 5.31. The van der Waals surface area contributed by atoms with E-state index in [1.54, 1.807) is 33.8 Å². The normalized spacial score (nSPS) is 13.9. The lowest BCUT2D eigenvalue weighted by molar-refractivity contribution is -0.127. The lowest BCUT2D eigenvalue weighted by Crippen LogP contribution is -2.22. The Morgan fingerprint density at radius 2 is 1.82 bits per heavy atom. The molecule has 0 bridgehead atoms. The number of urea groups is 1. The number of nitrogens with one attached hydrogen (secondary N) is 2. The summed E-state index contributed by atoms with van der Waals surface area (Å²) in [6.07, 6.45) is 1.20. The highest BCUT2D eigenvalue weighted by Crippen LogP contribution is 2.28. The summed E-state index contributed by atoms with van der Waals surface area (Å²) in [5.41, 5.74) is 3.83. The third-order valence-electron chi connectivity index (χ3n) is 5.63. The van der Waals surface area contributed by atoms with E-state index in [0.29, 0.717) is 35.9 Å². The van der Waals surface area contributed by atoms with Gasteiger partial charge in [0.15, 0.2) is 0 Å². The van der Waals surface area contributed by atoms with E-state index in [4.69, 9.17) is 16.7 Å². The number of likely N-dealkylation sites (tertiary alicyclic amines) is 1. The second-order valence-electron chi connectivity index (χ2n) is 9.38. The Morgan fingerprint density at radius 1 is 1.09 bits per heavy atom. The van der Waals surface area contributed by atoms with E-state index >= 15 is 0 Å². The second kappa shape index (κ2) is 9.35. The summed E-state index contributed by atoms with van der Waals surface area (Å²) in [4.78, 5) is 26.6. The largest absolute Gasteiger partial charge is 0.324 e. The van der Waals surface area contributed by atoms with Gasteiger partial charge in [-0.2, -0.15) is 5.10 Å². The van der Waals surface area contributed by atoms with Gasteiger partial charge in [0.25, 0.3) is 0 Å². The van der Waals surface area contributed by atoms with Crippen LogP contribution < -0.4 is 10.6 Å². The van der Waals surface area contributed by atoms with Gasteiger partial charge < -0.3 is 10.2 Å². The van der Waals surface area contributed by atoms with Crippen molar-refractivity contribution in [3.63, 3.8) is 0 Å². The van der Waals surface area contributed by atoms with Crippen LogP contribution in [0, 0.1) is 0 Å². The Balaban J connectivity index is 1.61. The molecule has 8 heteroatoms. The van der Waals surface area contributed by atoms with Crippen LogP contribution in [0.3, 0.4) is 0 Å². The standard InChI is InChI=1S/C26H28ClN5O2/c1-17-8-13-24(33)31(17)16-18-6-5-7-21(14-18)32-23(15-22(30-32)26(2,3)4)29-25(34)28-20-11-9-19(27)10-12-20/h5-7,9-12,14-15H,1,8,13,16H2,2-4H3,(H2,28,29,34). The van der Waals surface area contributed by atoms with Gasteiger partial charge in [0, 0.05) is 34.3 Å². The highest BCUT2D eigenvalue weighted by molar-refractivity contribution is 6.30. The fraction of sp³-hybridized carbons (Fsp3) is 0.269. The number of allylic oxidation sites excluding steroid dienone is 1. The summed E-state index contributed by atoms with van der Waals surface area (Å²) in [5.74, 6) is 0.626. The van der Waals surface area contributed by atoms with E-state index < -0.39 is 0 Å². The highest BCUT2D eigenvalue weighted by Gasteiger charge is 2.25. The molecular formula is C26H28ClN5O2. The Morgan fingerprint density at radius 3 is 2.47 bits per heavy atom. The average Bonchev–Trinajstić information content (AvgIpc) is 3.34. The summed E-state index contributed by atoms with van der Waals surface area (Å²) in [5, 5.41) is 11.1. The number of halogens is 1. The van der Waals surface area contributed by atoms with Crippen molar-refractivity contribution in [2.75, 3.05) is 10.6 Å². The summed E-state index contributed by atoms with van der Waals surface area (Å²) in [7, 11) is 0. The summed E-state index contributed by atoms with van der Waals surface area (Å²) in [6, 6.07) is 16.2. The number of benzene rings is 2. The smallest absolute Gasteiger partial charge is 0.312 e. The first-order valence-electron chi connectivity index (χ1n) is 11.1. The van der Waals surface area contributed by atoms with Crippen molar-refractivity contribution in [3.05, 3.63) is 83.2 Å². The van der Waals surface area contributed by atoms with Gasteiger partial charge in [-0.3, -0.25) is 10.1 Å². The SMILES string of the molecule is C=C1CCC(=O)N1Cc1cccc(-n2nc(C(C)(C)C)cc2NC(=O)Nc2ccc(Cl)cc2)c1. The minimum Gasteiger partial charge on any atom is -0.312 e. The number of aromatic nitrogens is 2. The van der Waals surface area contributed by atoms with E-state index in [2.05, 4.69) is 38.0 Å². The molecule has 2 aromatic carbocycles. The molecule has 0 aliphatic carbocycles. The summed E-state index contributed by atoms with van der Waals surface area (Å²) < 4.78 is 1.71. The number of carbonyl (C=O) groups excluding carboxylic acids is 2. The first-order valence-corrected chi connectivity index (χ1v) is 11.5. The maximum atomic E-state index is 12.7. The van der Waals surface area contributed by atoms with Crippen LogP contribution >= 0.6 is 11.6 Å². The van der Waals surface area contributed by atoms with Crippen LogP contribution in [-0.2, 0) is 16.8 Å². The number of carbonyl (C=O) groups is 2. The monoisotopic (exact) mass is 477 g/mol. The number of rotatable bonds is 5. The van der Waals surface area contributed by atoms with Crippen LogP contribution in [0.5, 0.6) is 0 Å². The van der Waals surface area contributed by atoms with Gasteiger partial charge in [-0.15, -0.1) is 0 Å². The van der Waals surface area contributed by atoms with Crippen LogP contribution in [0.1, 0.15) is 44.9 Å². The summed E-state index contributed by atoms with van der Waals surface area (Å²) in [6.45, 7) is 10.7. The number of amides is 3. The number of hydrogen-bond acceptors (Lipinski definition) is 3. The van der Waals surface area contributed by atoms with Crippen molar-refractivity contribution in [2.45, 2.75) is 45.6 Å². The van der Waals surface area contributed by atoms with Crippen molar-refractivity contribution in [1.29, 1.82) is 0 Å². The third-order valence-corrected chi connectivity index (χ3v) is 5.88. The maximum absolute atomic E-state index is 12.7. The molecule has 1 saturated heterocycles. The van der Waals surface area contributed by atoms with Crippen molar-refractivity contribution in [2.24, 2.45) is 0 Å². The Labute approximate surface area is 204 Å². The van der Waals surface area contributed by atoms with E-state index in [1.165, 1.54) is 0 Å². The first-order chi connectivity index (χ1) is 16.1. The highest BCUT2D eigenvalue weighted by atomic mass is 35.5. The molecule has 34 heavy (non-hydrogen) atoms. The minimum absolute atomic E-state index is 0.0886. The molecule has 3 aromatic rings. The van der Waals surface area contributed by atoms with Crippen LogP contribution in [0.15, 0.2) is 66.9 Å². The van der Waals surface area contributed by atoms with Crippen molar-refractivity contribution >= 4 is 35.0 Å². The molecule has 1 aliphatic rings.